The van der Waals surface area contributed by atoms with Crippen molar-refractivity contribution in [2.75, 3.05) is 0 Å². The molecule has 18 heavy (non-hydrogen) atoms. The topological polar surface area (TPSA) is 28.7 Å². The molecule has 0 aromatic carbocycles. The Morgan fingerprint density at radius 1 is 1.00 bits per heavy atom. The second kappa shape index (κ2) is 10.2. The van der Waals surface area contributed by atoms with Crippen molar-refractivity contribution in [1.29, 1.82) is 0 Å². The molecule has 104 valence electrons. The predicted molar refractivity (Wildman–Crippen MR) is 78.7 cm³/mol. The molecule has 1 unspecified atom stereocenters. The molecule has 1 heterocycles. The molecule has 0 aliphatic heterocycles. The van der Waals surface area contributed by atoms with Gasteiger partial charge in [0.15, 0.2) is 0 Å². The van der Waals surface area contributed by atoms with Crippen LogP contribution in [0.2, 0.25) is 0 Å². The van der Waals surface area contributed by atoms with Crippen LogP contribution in [0.25, 0.3) is 0 Å². The van der Waals surface area contributed by atoms with Gasteiger partial charge < -0.3 is 4.98 Å². The van der Waals surface area contributed by atoms with Gasteiger partial charge in [-0.1, -0.05) is 71.6 Å². The second-order valence-corrected chi connectivity index (χ2v) is 5.49. The van der Waals surface area contributed by atoms with Gasteiger partial charge in [-0.25, -0.2) is 4.98 Å². The van der Waals surface area contributed by atoms with Crippen LogP contribution >= 0.6 is 0 Å². The van der Waals surface area contributed by atoms with Gasteiger partial charge >= 0.3 is 0 Å². The molecule has 0 saturated carbocycles. The monoisotopic (exact) mass is 250 g/mol. The molecular formula is C16H30N2. The number of aromatic amines is 1. The number of H-pyrrole nitrogens is 1. The minimum atomic E-state index is 0.855. The van der Waals surface area contributed by atoms with Gasteiger partial charge in [-0.15, -0.1) is 0 Å². The zero-order valence-electron chi connectivity index (χ0n) is 12.3. The van der Waals surface area contributed by atoms with E-state index >= 15 is 0 Å². The molecular weight excluding hydrogens is 220 g/mol. The van der Waals surface area contributed by atoms with E-state index in [0.717, 1.165) is 5.92 Å². The summed E-state index contributed by atoms with van der Waals surface area (Å²) in [6.07, 6.45) is 17.4. The van der Waals surface area contributed by atoms with Gasteiger partial charge in [-0.3, -0.25) is 0 Å². The first-order valence-electron chi connectivity index (χ1n) is 7.84. The van der Waals surface area contributed by atoms with Crippen molar-refractivity contribution >= 4 is 0 Å². The maximum atomic E-state index is 4.13. The molecule has 0 aliphatic rings. The number of nitrogens with one attached hydrogen (secondary N) is 1. The van der Waals surface area contributed by atoms with Crippen molar-refractivity contribution in [2.24, 2.45) is 5.92 Å². The van der Waals surface area contributed by atoms with Crippen LogP contribution in [0.4, 0.5) is 0 Å². The van der Waals surface area contributed by atoms with Crippen LogP contribution in [-0.2, 0) is 6.42 Å². The molecule has 2 nitrogen and oxygen atoms in total. The van der Waals surface area contributed by atoms with Crippen molar-refractivity contribution in [3.8, 4) is 0 Å². The van der Waals surface area contributed by atoms with Crippen molar-refractivity contribution in [3.63, 3.8) is 0 Å². The smallest absolute Gasteiger partial charge is 0.0921 e. The highest BCUT2D eigenvalue weighted by molar-refractivity contribution is 4.95. The summed E-state index contributed by atoms with van der Waals surface area (Å²) in [5.74, 6) is 0.855. The van der Waals surface area contributed by atoms with E-state index in [2.05, 4.69) is 23.8 Å². The fourth-order valence-electron chi connectivity index (χ4n) is 2.60. The average Bonchev–Trinajstić information content (AvgIpc) is 2.87. The summed E-state index contributed by atoms with van der Waals surface area (Å²) in [6, 6.07) is 0. The fraction of sp³-hybridized carbons (Fsp3) is 0.812. The van der Waals surface area contributed by atoms with Gasteiger partial charge in [0.25, 0.3) is 0 Å². The third-order valence-corrected chi connectivity index (χ3v) is 3.75. The number of nitrogens with zero attached hydrogens (tertiary/aromatic N) is 1. The lowest BCUT2D eigenvalue weighted by Crippen LogP contribution is -2.05. The van der Waals surface area contributed by atoms with Gasteiger partial charge in [-0.2, -0.15) is 0 Å². The summed E-state index contributed by atoms with van der Waals surface area (Å²) < 4.78 is 0. The first-order valence-corrected chi connectivity index (χ1v) is 7.84. The molecule has 0 amide bonds. The molecule has 0 aliphatic carbocycles. The van der Waals surface area contributed by atoms with E-state index in [4.69, 9.17) is 0 Å². The highest BCUT2D eigenvalue weighted by Gasteiger charge is 2.10. The van der Waals surface area contributed by atoms with E-state index in [9.17, 15) is 0 Å². The number of unbranched alkanes of at least 4 members (excludes halogenated alkanes) is 5. The summed E-state index contributed by atoms with van der Waals surface area (Å²) in [5, 5.41) is 0. The van der Waals surface area contributed by atoms with Crippen LogP contribution in [-0.4, -0.2) is 9.97 Å². The number of hydrogen-bond donors (Lipinski definition) is 1. The molecule has 1 aromatic rings. The first-order chi connectivity index (χ1) is 8.86. The molecule has 0 radical (unpaired) electrons. The highest BCUT2D eigenvalue weighted by Crippen LogP contribution is 2.21. The Hall–Kier alpha value is -0.790. The molecule has 0 spiro atoms. The average molecular weight is 250 g/mol. The second-order valence-electron chi connectivity index (χ2n) is 5.49. The van der Waals surface area contributed by atoms with E-state index < -0.39 is 0 Å². The Kier molecular flexibility index (Phi) is 8.62. The number of imidazole rings is 1. The molecule has 1 rings (SSSR count). The van der Waals surface area contributed by atoms with Crippen LogP contribution in [0.5, 0.6) is 0 Å². The SMILES string of the molecule is CCCCCCC(CCCCC)Cc1cnc[nH]1. The van der Waals surface area contributed by atoms with E-state index in [1.165, 1.54) is 69.9 Å². The van der Waals surface area contributed by atoms with Crippen molar-refractivity contribution < 1.29 is 0 Å². The lowest BCUT2D eigenvalue weighted by atomic mass is 9.91. The molecule has 1 atom stereocenters. The van der Waals surface area contributed by atoms with Gasteiger partial charge in [0.2, 0.25) is 0 Å². The lowest BCUT2D eigenvalue weighted by molar-refractivity contribution is 0.403. The van der Waals surface area contributed by atoms with Gasteiger partial charge in [0.1, 0.15) is 0 Å². The Morgan fingerprint density at radius 3 is 2.28 bits per heavy atom. The van der Waals surface area contributed by atoms with Crippen molar-refractivity contribution in [1.82, 2.24) is 9.97 Å². The zero-order chi connectivity index (χ0) is 13.1. The molecule has 0 saturated heterocycles. The minimum absolute atomic E-state index is 0.855. The summed E-state index contributed by atoms with van der Waals surface area (Å²) in [5.41, 5.74) is 1.31. The third-order valence-electron chi connectivity index (χ3n) is 3.75. The Labute approximate surface area is 113 Å². The van der Waals surface area contributed by atoms with Crippen LogP contribution in [0.1, 0.15) is 77.3 Å². The zero-order valence-corrected chi connectivity index (χ0v) is 12.3. The Balaban J connectivity index is 2.27. The molecule has 1 aromatic heterocycles. The van der Waals surface area contributed by atoms with Gasteiger partial charge in [0.05, 0.1) is 6.33 Å². The largest absolute Gasteiger partial charge is 0.348 e. The maximum Gasteiger partial charge on any atom is 0.0921 e. The first kappa shape index (κ1) is 15.3. The minimum Gasteiger partial charge on any atom is -0.348 e. The normalized spacial score (nSPS) is 12.8. The van der Waals surface area contributed by atoms with Crippen molar-refractivity contribution in [3.05, 3.63) is 18.2 Å². The highest BCUT2D eigenvalue weighted by atomic mass is 14.9. The standard InChI is InChI=1S/C16H30N2/c1-3-5-7-9-11-15(10-8-6-4-2)12-16-13-17-14-18-16/h13-15H,3-12H2,1-2H3,(H,17,18). The van der Waals surface area contributed by atoms with E-state index in [-0.39, 0.29) is 0 Å². The summed E-state index contributed by atoms with van der Waals surface area (Å²) in [7, 11) is 0. The van der Waals surface area contributed by atoms with E-state index in [1.54, 1.807) is 6.33 Å². The number of aromatic nitrogens is 2. The molecule has 0 fully saturated rings. The predicted octanol–water partition coefficient (Wildman–Crippen LogP) is 5.12. The van der Waals surface area contributed by atoms with Crippen LogP contribution in [0.15, 0.2) is 12.5 Å². The Morgan fingerprint density at radius 2 is 1.67 bits per heavy atom. The lowest BCUT2D eigenvalue weighted by Gasteiger charge is -2.15. The van der Waals surface area contributed by atoms with Crippen LogP contribution < -0.4 is 0 Å². The Bertz CT molecular complexity index is 267. The number of hydrogen-bond acceptors (Lipinski definition) is 1. The van der Waals surface area contributed by atoms with E-state index in [1.807, 2.05) is 6.20 Å². The fourth-order valence-corrected chi connectivity index (χ4v) is 2.60. The van der Waals surface area contributed by atoms with Crippen LogP contribution in [0, 0.1) is 5.92 Å². The summed E-state index contributed by atoms with van der Waals surface area (Å²) in [6.45, 7) is 4.56. The third kappa shape index (κ3) is 6.83. The summed E-state index contributed by atoms with van der Waals surface area (Å²) in [4.78, 5) is 7.37. The van der Waals surface area contributed by atoms with Gasteiger partial charge in [-0.05, 0) is 12.3 Å². The van der Waals surface area contributed by atoms with Crippen molar-refractivity contribution in [2.45, 2.75) is 78.1 Å². The quantitative estimate of drug-likeness (QED) is 0.543. The van der Waals surface area contributed by atoms with Crippen LogP contribution in [0.3, 0.4) is 0 Å². The molecule has 2 heteroatoms. The number of rotatable bonds is 11. The van der Waals surface area contributed by atoms with Gasteiger partial charge in [0, 0.05) is 11.9 Å². The maximum absolute atomic E-state index is 4.13. The molecule has 0 bridgehead atoms. The van der Waals surface area contributed by atoms with E-state index in [0.29, 0.717) is 0 Å². The summed E-state index contributed by atoms with van der Waals surface area (Å²) >= 11 is 0. The molecule has 1 N–H and O–H groups in total.